The van der Waals surface area contributed by atoms with Crippen LogP contribution in [0.4, 0.5) is 0 Å². The van der Waals surface area contributed by atoms with Crippen LogP contribution >= 0.6 is 7.60 Å². The van der Waals surface area contributed by atoms with E-state index in [0.717, 1.165) is 17.5 Å². The summed E-state index contributed by atoms with van der Waals surface area (Å²) in [5, 5.41) is 0. The maximum atomic E-state index is 11.3. The van der Waals surface area contributed by atoms with Crippen molar-refractivity contribution in [3.63, 3.8) is 0 Å². The molecular weight excluding hydrogens is 569 g/mol. The molecule has 3 aromatic rings. The van der Waals surface area contributed by atoms with Crippen LogP contribution in [0.3, 0.4) is 0 Å². The van der Waals surface area contributed by atoms with Gasteiger partial charge in [-0.1, -0.05) is 54.6 Å². The number of hydrogen-bond acceptors (Lipinski definition) is 4. The Morgan fingerprint density at radius 3 is 1.94 bits per heavy atom. The van der Waals surface area contributed by atoms with Crippen molar-refractivity contribution in [3.05, 3.63) is 95.6 Å². The van der Waals surface area contributed by atoms with Crippen LogP contribution in [-0.2, 0) is 27.5 Å². The molecule has 0 saturated heterocycles. The van der Waals surface area contributed by atoms with Crippen LogP contribution < -0.4 is 159 Å². The molecule has 35 heavy (non-hydrogen) atoms. The SMILES string of the molecule is O=P(O)(O)C(CCCc1cccc(Oc2ccc(Cc3ccccc3)cc2)c1)S(=O)(=O)O.[H-].[H-].[H-].[K+].[K+].[K+]. The Morgan fingerprint density at radius 2 is 1.37 bits per heavy atom. The number of benzene rings is 3. The summed E-state index contributed by atoms with van der Waals surface area (Å²) in [5.41, 5.74) is 3.21. The van der Waals surface area contributed by atoms with E-state index >= 15 is 0 Å². The Bertz CT molecular complexity index is 1200. The van der Waals surface area contributed by atoms with Crippen molar-refractivity contribution in [3.8, 4) is 11.5 Å². The van der Waals surface area contributed by atoms with E-state index in [2.05, 4.69) is 12.1 Å². The first-order valence-electron chi connectivity index (χ1n) is 10.0. The fraction of sp³-hybridized carbons (Fsp3) is 0.217. The molecule has 176 valence electrons. The van der Waals surface area contributed by atoms with Crippen molar-refractivity contribution in [1.29, 1.82) is 0 Å². The molecule has 1 unspecified atom stereocenters. The van der Waals surface area contributed by atoms with Crippen LogP contribution in [0, 0.1) is 0 Å². The molecule has 3 N–H and O–H groups in total. The van der Waals surface area contributed by atoms with Crippen molar-refractivity contribution in [2.75, 3.05) is 0 Å². The van der Waals surface area contributed by atoms with Crippen LogP contribution in [0.2, 0.25) is 0 Å². The normalized spacial score (nSPS) is 11.9. The van der Waals surface area contributed by atoms with E-state index in [1.807, 2.05) is 48.5 Å². The largest absolute Gasteiger partial charge is 1.00 e. The van der Waals surface area contributed by atoms with E-state index in [1.54, 1.807) is 18.2 Å². The Morgan fingerprint density at radius 1 is 0.800 bits per heavy atom. The van der Waals surface area contributed by atoms with Gasteiger partial charge in [-0.25, -0.2) is 0 Å². The van der Waals surface area contributed by atoms with Gasteiger partial charge in [0, 0.05) is 0 Å². The third kappa shape index (κ3) is 13.6. The molecule has 12 heteroatoms. The molecular formula is C23H28K3O7PS. The molecule has 0 aliphatic rings. The van der Waals surface area contributed by atoms with Gasteiger partial charge in [0.2, 0.25) is 0 Å². The predicted molar refractivity (Wildman–Crippen MR) is 126 cm³/mol. The minimum atomic E-state index is -4.96. The van der Waals surface area contributed by atoms with Crippen LogP contribution in [0.5, 0.6) is 11.5 Å². The van der Waals surface area contributed by atoms with Gasteiger partial charge < -0.3 is 18.8 Å². The second kappa shape index (κ2) is 18.0. The summed E-state index contributed by atoms with van der Waals surface area (Å²) in [7, 11) is -9.80. The zero-order chi connectivity index (χ0) is 23.2. The summed E-state index contributed by atoms with van der Waals surface area (Å²) in [6.07, 6.45) is 1.03. The molecule has 0 heterocycles. The average molecular weight is 597 g/mol. The minimum absolute atomic E-state index is 0. The van der Waals surface area contributed by atoms with E-state index in [1.165, 1.54) is 5.56 Å². The van der Waals surface area contributed by atoms with E-state index < -0.39 is 22.7 Å². The maximum Gasteiger partial charge on any atom is 1.00 e. The zero-order valence-corrected chi connectivity index (χ0v) is 31.3. The molecule has 0 aromatic heterocycles. The van der Waals surface area contributed by atoms with Gasteiger partial charge in [-0.2, -0.15) is 8.42 Å². The molecule has 0 saturated carbocycles. The summed E-state index contributed by atoms with van der Waals surface area (Å²) in [4.78, 5) is 16.2. The number of ether oxygens (including phenoxy) is 1. The fourth-order valence-electron chi connectivity index (χ4n) is 3.38. The smallest absolute Gasteiger partial charge is 1.00 e. The number of rotatable bonds is 10. The Balaban J connectivity index is -0.000000963. The quantitative estimate of drug-likeness (QED) is 0.125. The molecule has 0 amide bonds. The topological polar surface area (TPSA) is 121 Å². The summed E-state index contributed by atoms with van der Waals surface area (Å²) in [6.45, 7) is 0. The molecule has 0 fully saturated rings. The molecule has 1 atom stereocenters. The van der Waals surface area contributed by atoms with Crippen molar-refractivity contribution in [2.24, 2.45) is 0 Å². The predicted octanol–water partition coefficient (Wildman–Crippen LogP) is -3.87. The molecule has 3 aromatic carbocycles. The van der Waals surface area contributed by atoms with Crippen molar-refractivity contribution in [2.45, 2.75) is 30.7 Å². The third-order valence-corrected chi connectivity index (χ3v) is 8.50. The summed E-state index contributed by atoms with van der Waals surface area (Å²) < 4.78 is 48.8. The van der Waals surface area contributed by atoms with Gasteiger partial charge in [0.25, 0.3) is 10.1 Å². The zero-order valence-electron chi connectivity index (χ0n) is 23.2. The van der Waals surface area contributed by atoms with Crippen LogP contribution in [-0.4, -0.2) is 27.7 Å². The first-order valence-corrected chi connectivity index (χ1v) is 13.2. The molecule has 0 aliphatic heterocycles. The van der Waals surface area contributed by atoms with Gasteiger partial charge >= 0.3 is 162 Å². The molecule has 0 radical (unpaired) electrons. The molecule has 0 aliphatic carbocycles. The third-order valence-electron chi connectivity index (χ3n) is 4.94. The van der Waals surface area contributed by atoms with Gasteiger partial charge in [0.15, 0.2) is 4.99 Å². The monoisotopic (exact) mass is 596 g/mol. The van der Waals surface area contributed by atoms with Crippen molar-refractivity contribution >= 4 is 17.7 Å². The summed E-state index contributed by atoms with van der Waals surface area (Å²) in [5.74, 6) is 1.27. The van der Waals surface area contributed by atoms with Gasteiger partial charge in [0.05, 0.1) is 0 Å². The molecule has 0 spiro atoms. The van der Waals surface area contributed by atoms with Crippen molar-refractivity contribution < 1.29 is 190 Å². The Hall–Kier alpha value is 2.43. The molecule has 3 rings (SSSR count). The number of hydrogen-bond donors (Lipinski definition) is 3. The van der Waals surface area contributed by atoms with Crippen LogP contribution in [0.25, 0.3) is 0 Å². The summed E-state index contributed by atoms with van der Waals surface area (Å²) in [6, 6.07) is 25.1. The minimum Gasteiger partial charge on any atom is -1.00 e. The van der Waals surface area contributed by atoms with E-state index in [4.69, 9.17) is 9.29 Å². The van der Waals surface area contributed by atoms with Gasteiger partial charge in [0.1, 0.15) is 11.5 Å². The average Bonchev–Trinajstić information content (AvgIpc) is 2.72. The van der Waals surface area contributed by atoms with E-state index in [-0.39, 0.29) is 171 Å². The Labute approximate surface area is 338 Å². The second-order valence-electron chi connectivity index (χ2n) is 7.51. The maximum absolute atomic E-state index is 11.3. The van der Waals surface area contributed by atoms with Gasteiger partial charge in [-0.3, -0.25) is 9.12 Å². The fourth-order valence-corrected chi connectivity index (χ4v) is 5.75. The van der Waals surface area contributed by atoms with Crippen LogP contribution in [0.15, 0.2) is 78.9 Å². The van der Waals surface area contributed by atoms with E-state index in [0.29, 0.717) is 17.9 Å². The summed E-state index contributed by atoms with van der Waals surface area (Å²) >= 11 is 0. The molecule has 7 nitrogen and oxygen atoms in total. The Kier molecular flexibility index (Phi) is 19.2. The first-order chi connectivity index (χ1) is 15.1. The second-order valence-corrected chi connectivity index (χ2v) is 11.3. The van der Waals surface area contributed by atoms with E-state index in [9.17, 15) is 22.8 Å². The van der Waals surface area contributed by atoms with Gasteiger partial charge in [-0.15, -0.1) is 0 Å². The van der Waals surface area contributed by atoms with Gasteiger partial charge in [-0.05, 0) is 66.6 Å². The molecule has 0 bridgehead atoms. The number of aryl methyl sites for hydroxylation is 1. The van der Waals surface area contributed by atoms with Crippen molar-refractivity contribution in [1.82, 2.24) is 0 Å². The first kappa shape index (κ1) is 37.4. The standard InChI is InChI=1S/C23H25O7PS.3K.3H/c24-31(25,26)23(32(27,28)29)11-5-9-19-8-4-10-22(17-19)30-21-14-12-20(13-15-21)16-18-6-2-1-3-7-18;;;;;;/h1-4,6-8,10,12-15,17,23H,5,9,11,16H2,(H2,24,25,26)(H,27,28,29);;;;;;/q;3*+1;3*-1. The van der Waals surface area contributed by atoms with Crippen LogP contribution in [0.1, 0.15) is 33.8 Å².